The Hall–Kier alpha value is -3.03. The molecule has 6 aliphatic heterocycles. The predicted octanol–water partition coefficient (Wildman–Crippen LogP) is 1.13. The van der Waals surface area contributed by atoms with Crippen LogP contribution in [0.3, 0.4) is 0 Å². The van der Waals surface area contributed by atoms with Crippen molar-refractivity contribution in [3.05, 3.63) is 47.2 Å². The Morgan fingerprint density at radius 1 is 1.05 bits per heavy atom. The molecular formula is C32H42N4O7S+2. The van der Waals surface area contributed by atoms with Crippen LogP contribution in [0.1, 0.15) is 25.8 Å². The van der Waals surface area contributed by atoms with Crippen molar-refractivity contribution >= 4 is 38.4 Å². The van der Waals surface area contributed by atoms with Crippen molar-refractivity contribution < 1.29 is 42.3 Å². The number of carbonyl (C=O) groups is 2. The van der Waals surface area contributed by atoms with Gasteiger partial charge in [0.2, 0.25) is 5.91 Å². The number of hydrogen-bond acceptors (Lipinski definition) is 6. The normalized spacial score (nSPS) is 32.4. The van der Waals surface area contributed by atoms with Crippen molar-refractivity contribution in [3.8, 4) is 0 Å². The number of nitrogens with zero attached hydrogens (tertiary/aromatic N) is 4. The molecule has 0 aromatic heterocycles. The molecule has 2 aromatic carbocycles. The van der Waals surface area contributed by atoms with Crippen LogP contribution in [0.15, 0.2) is 46.5 Å². The maximum absolute atomic E-state index is 14.0. The second-order valence-corrected chi connectivity index (χ2v) is 15.5. The Morgan fingerprint density at radius 2 is 1.70 bits per heavy atom. The van der Waals surface area contributed by atoms with Crippen molar-refractivity contribution in [1.82, 2.24) is 4.90 Å². The molecule has 0 saturated carbocycles. The van der Waals surface area contributed by atoms with Crippen LogP contribution in [0.2, 0.25) is 0 Å². The molecule has 6 aliphatic rings. The van der Waals surface area contributed by atoms with E-state index in [2.05, 4.69) is 0 Å². The second-order valence-electron chi connectivity index (χ2n) is 13.7. The molecule has 0 aliphatic carbocycles. The van der Waals surface area contributed by atoms with Crippen LogP contribution >= 0.6 is 0 Å². The summed E-state index contributed by atoms with van der Waals surface area (Å²) in [6, 6.07) is 8.76. The minimum absolute atomic E-state index is 0.167. The summed E-state index contributed by atoms with van der Waals surface area (Å²) in [5.74, 6) is -2.84. The molecule has 4 fully saturated rings. The molecule has 0 radical (unpaired) electrons. The smallest absolute Gasteiger partial charge is 0.352 e. The molecule has 44 heavy (non-hydrogen) atoms. The molecular weight excluding hydrogens is 584 g/mol. The van der Waals surface area contributed by atoms with Gasteiger partial charge >= 0.3 is 5.97 Å². The number of β-lactam (4-membered cyclic amide) rings is 1. The van der Waals surface area contributed by atoms with Gasteiger partial charge < -0.3 is 29.2 Å². The fourth-order valence-electron chi connectivity index (χ4n) is 8.86. The summed E-state index contributed by atoms with van der Waals surface area (Å²) >= 11 is 0. The average Bonchev–Trinajstić information content (AvgIpc) is 3.38. The van der Waals surface area contributed by atoms with Gasteiger partial charge in [-0.2, -0.15) is 0 Å². The number of carboxylic acid groups (broad SMARTS) is 1. The van der Waals surface area contributed by atoms with Crippen LogP contribution in [0.4, 0.5) is 5.69 Å². The summed E-state index contributed by atoms with van der Waals surface area (Å²) in [5.41, 5.74) is 1.86. The zero-order chi connectivity index (χ0) is 31.2. The third-order valence-electron chi connectivity index (χ3n) is 11.5. The highest BCUT2D eigenvalue weighted by molar-refractivity contribution is 7.93. The van der Waals surface area contributed by atoms with Crippen molar-refractivity contribution in [1.29, 1.82) is 0 Å². The van der Waals surface area contributed by atoms with Crippen LogP contribution in [0.25, 0.3) is 10.8 Å². The van der Waals surface area contributed by atoms with E-state index in [9.17, 15) is 33.3 Å². The number of carboxylic acids is 1. The van der Waals surface area contributed by atoms with E-state index >= 15 is 0 Å². The summed E-state index contributed by atoms with van der Waals surface area (Å²) in [6.07, 6.45) is 0.760. The number of rotatable bonds is 10. The first-order chi connectivity index (χ1) is 20.9. The average molecular weight is 627 g/mol. The summed E-state index contributed by atoms with van der Waals surface area (Å²) in [7, 11) is -3.96. The largest absolute Gasteiger partial charge is 0.477 e. The minimum atomic E-state index is -3.96. The number of anilines is 1. The van der Waals surface area contributed by atoms with Gasteiger partial charge in [0.05, 0.1) is 48.3 Å². The van der Waals surface area contributed by atoms with Crippen LogP contribution in [0.5, 0.6) is 0 Å². The predicted molar refractivity (Wildman–Crippen MR) is 163 cm³/mol. The molecule has 1 amide bonds. The number of aliphatic hydroxyl groups is 2. The first kappa shape index (κ1) is 29.7. The number of hydrogen-bond donors (Lipinski definition) is 3. The van der Waals surface area contributed by atoms with E-state index in [0.717, 1.165) is 85.1 Å². The van der Waals surface area contributed by atoms with Crippen LogP contribution in [-0.2, 0) is 26.0 Å². The highest BCUT2D eigenvalue weighted by Crippen LogP contribution is 2.50. The van der Waals surface area contributed by atoms with Crippen LogP contribution < -0.4 is 4.31 Å². The third kappa shape index (κ3) is 4.18. The molecule has 4 saturated heterocycles. The van der Waals surface area contributed by atoms with E-state index in [4.69, 9.17) is 0 Å². The number of sulfonamides is 1. The number of benzene rings is 2. The summed E-state index contributed by atoms with van der Waals surface area (Å²) in [6.45, 7) is 12.3. The molecule has 4 atom stereocenters. The number of piperazine rings is 3. The lowest BCUT2D eigenvalue weighted by molar-refractivity contribution is -1.08. The SMILES string of the molecule is C[C@@H](O)[C@H]1C(=O)N2C(C(=O)O)=C(CN3c4ccc(CC[N+]56CC[N+](CCCO)(CC5)CC6)c5cccc(c45)S3(=O)=O)[C@H](C)[C@H]12. The van der Waals surface area contributed by atoms with Crippen molar-refractivity contribution in [2.24, 2.45) is 11.8 Å². The number of amides is 1. The van der Waals surface area contributed by atoms with Gasteiger partial charge in [-0.15, -0.1) is 0 Å². The lowest BCUT2D eigenvalue weighted by Crippen LogP contribution is -2.75. The molecule has 236 valence electrons. The second kappa shape index (κ2) is 10.2. The Kier molecular flexibility index (Phi) is 6.91. The fraction of sp³-hybridized carbons (Fsp3) is 0.562. The summed E-state index contributed by atoms with van der Waals surface area (Å²) in [5, 5.41) is 31.2. The molecule has 0 unspecified atom stereocenters. The number of carbonyl (C=O) groups excluding carboxylic acids is 1. The van der Waals surface area contributed by atoms with Gasteiger partial charge in [0.15, 0.2) is 0 Å². The Morgan fingerprint density at radius 3 is 2.32 bits per heavy atom. The zero-order valence-corrected chi connectivity index (χ0v) is 26.2. The van der Waals surface area contributed by atoms with Crippen molar-refractivity contribution in [2.75, 3.05) is 69.8 Å². The zero-order valence-electron chi connectivity index (χ0n) is 25.4. The number of aliphatic carboxylic acids is 1. The fourth-order valence-corrected chi connectivity index (χ4v) is 10.5. The van der Waals surface area contributed by atoms with E-state index in [1.54, 1.807) is 12.1 Å². The molecule has 11 nitrogen and oxygen atoms in total. The monoisotopic (exact) mass is 626 g/mol. The highest BCUT2D eigenvalue weighted by atomic mass is 32.2. The van der Waals surface area contributed by atoms with Crippen LogP contribution in [-0.4, -0.2) is 127 Å². The van der Waals surface area contributed by atoms with E-state index in [1.807, 2.05) is 25.1 Å². The molecule has 12 heteroatoms. The maximum Gasteiger partial charge on any atom is 0.352 e. The van der Waals surface area contributed by atoms with Gasteiger partial charge in [-0.3, -0.25) is 9.10 Å². The molecule has 2 aromatic rings. The topological polar surface area (TPSA) is 135 Å². The van der Waals surface area contributed by atoms with Gasteiger partial charge in [0.25, 0.3) is 10.0 Å². The molecule has 8 rings (SSSR count). The van der Waals surface area contributed by atoms with Crippen molar-refractivity contribution in [2.45, 2.75) is 43.7 Å². The molecule has 3 N–H and O–H groups in total. The standard InChI is InChI=1S/C32H41N4O7S/c1-20-24(30(32(40)41)34-29(20)27(21(2)38)31(34)39)19-33-25-8-7-22(23-5-3-6-26(28(23)25)44(33,42)43)9-11-36-15-12-35(13-16-36,14-17-36)10-4-18-37/h3,5-8,20-21,27,29,37-38H,4,9-19H2,1-2H3/q+1/p+1/t20-,21+,27+,29+,35?,36?/m0/s1. The molecule has 6 heterocycles. The van der Waals surface area contributed by atoms with Gasteiger partial charge in [0.1, 0.15) is 45.0 Å². The van der Waals surface area contributed by atoms with Gasteiger partial charge in [0, 0.05) is 30.8 Å². The highest BCUT2D eigenvalue weighted by Gasteiger charge is 2.60. The first-order valence-corrected chi connectivity index (χ1v) is 17.2. The van der Waals surface area contributed by atoms with E-state index < -0.39 is 45.9 Å². The Balaban J connectivity index is 1.17. The van der Waals surface area contributed by atoms with Gasteiger partial charge in [-0.1, -0.05) is 25.1 Å². The van der Waals surface area contributed by atoms with Crippen LogP contribution in [0, 0.1) is 11.8 Å². The molecule has 0 spiro atoms. The number of aliphatic hydroxyl groups excluding tert-OH is 2. The minimum Gasteiger partial charge on any atom is -0.477 e. The van der Waals surface area contributed by atoms with E-state index in [0.29, 0.717) is 16.6 Å². The first-order valence-electron chi connectivity index (χ1n) is 15.8. The maximum atomic E-state index is 14.0. The van der Waals surface area contributed by atoms with E-state index in [-0.39, 0.29) is 23.7 Å². The van der Waals surface area contributed by atoms with Gasteiger partial charge in [-0.05, 0) is 35.6 Å². The van der Waals surface area contributed by atoms with Crippen molar-refractivity contribution in [3.63, 3.8) is 0 Å². The Bertz CT molecular complexity index is 1680. The van der Waals surface area contributed by atoms with E-state index in [1.165, 1.54) is 16.1 Å². The van der Waals surface area contributed by atoms with Gasteiger partial charge in [-0.25, -0.2) is 13.2 Å². The lowest BCUT2D eigenvalue weighted by Gasteiger charge is -2.55. The summed E-state index contributed by atoms with van der Waals surface area (Å²) < 4.78 is 31.5. The molecule has 2 bridgehead atoms. The number of fused-ring (bicyclic) bond motifs is 4. The third-order valence-corrected chi connectivity index (χ3v) is 13.3. The number of quaternary nitrogens is 2. The lowest BCUT2D eigenvalue weighted by atomic mass is 9.78. The quantitative estimate of drug-likeness (QED) is 0.266. The Labute approximate surface area is 257 Å². The summed E-state index contributed by atoms with van der Waals surface area (Å²) in [4.78, 5) is 26.7.